The van der Waals surface area contributed by atoms with Crippen molar-refractivity contribution >= 4 is 58.6 Å². The van der Waals surface area contributed by atoms with Crippen molar-refractivity contribution in [3.8, 4) is 11.1 Å². The van der Waals surface area contributed by atoms with Crippen LogP contribution in [0, 0.1) is 0 Å². The largest absolute Gasteiger partial charge is 0.0845 e. The summed E-state index contributed by atoms with van der Waals surface area (Å²) >= 11 is 0. The molecule has 0 spiro atoms. The molecule has 0 unspecified atom stereocenters. The zero-order valence-corrected chi connectivity index (χ0v) is 26.7. The Balaban J connectivity index is 1.60. The third-order valence-electron chi connectivity index (χ3n) is 9.68. The molecular formula is C40H39PSi. The topological polar surface area (TPSA) is 0 Å². The first kappa shape index (κ1) is 27.3. The molecule has 208 valence electrons. The highest BCUT2D eigenvalue weighted by atomic mass is 31.1. The summed E-state index contributed by atoms with van der Waals surface area (Å²) in [6.45, 7) is 5.33. The van der Waals surface area contributed by atoms with Crippen LogP contribution in [0.5, 0.6) is 0 Å². The molecule has 0 N–H and O–H groups in total. The molecule has 1 aliphatic carbocycles. The van der Waals surface area contributed by atoms with Crippen LogP contribution in [0.25, 0.3) is 32.7 Å². The zero-order chi connectivity index (χ0) is 28.5. The van der Waals surface area contributed by atoms with Gasteiger partial charge < -0.3 is 0 Å². The average Bonchev–Trinajstić information content (AvgIpc) is 3.06. The van der Waals surface area contributed by atoms with Crippen LogP contribution in [-0.4, -0.2) is 8.07 Å². The van der Waals surface area contributed by atoms with E-state index in [1.165, 1.54) is 80.7 Å². The maximum Gasteiger partial charge on any atom is 0.0845 e. The first-order valence-corrected chi connectivity index (χ1v) is 20.0. The lowest BCUT2D eigenvalue weighted by Crippen LogP contribution is -2.48. The SMILES string of the molecule is C[Si](C)(c1ccc2ccccc2c1-c1c(P(c2ccccc2)c2ccccc2)ccc2ccccc12)C1CCCCC1. The van der Waals surface area contributed by atoms with E-state index >= 15 is 0 Å². The Bertz CT molecular complexity index is 1800. The van der Waals surface area contributed by atoms with Crippen LogP contribution in [0.1, 0.15) is 32.1 Å². The van der Waals surface area contributed by atoms with Crippen molar-refractivity contribution in [2.24, 2.45) is 0 Å². The van der Waals surface area contributed by atoms with Crippen LogP contribution in [0.15, 0.2) is 133 Å². The van der Waals surface area contributed by atoms with Crippen molar-refractivity contribution in [3.05, 3.63) is 133 Å². The predicted octanol–water partition coefficient (Wildman–Crippen LogP) is 9.67. The second kappa shape index (κ2) is 11.6. The molecule has 6 aromatic rings. The highest BCUT2D eigenvalue weighted by Crippen LogP contribution is 2.44. The molecule has 0 bridgehead atoms. The minimum atomic E-state index is -1.82. The summed E-state index contributed by atoms with van der Waals surface area (Å²) in [7, 11) is -2.59. The van der Waals surface area contributed by atoms with Crippen molar-refractivity contribution in [2.75, 3.05) is 0 Å². The average molecular weight is 579 g/mol. The molecule has 1 aliphatic rings. The van der Waals surface area contributed by atoms with Crippen molar-refractivity contribution in [3.63, 3.8) is 0 Å². The van der Waals surface area contributed by atoms with Crippen LogP contribution in [0.4, 0.5) is 0 Å². The van der Waals surface area contributed by atoms with Crippen molar-refractivity contribution in [1.82, 2.24) is 0 Å². The zero-order valence-electron chi connectivity index (χ0n) is 24.8. The van der Waals surface area contributed by atoms with Crippen molar-refractivity contribution < 1.29 is 0 Å². The summed E-state index contributed by atoms with van der Waals surface area (Å²) in [5.41, 5.74) is 3.78. The molecule has 0 heterocycles. The van der Waals surface area contributed by atoms with Gasteiger partial charge >= 0.3 is 0 Å². The van der Waals surface area contributed by atoms with E-state index < -0.39 is 16.0 Å². The number of fused-ring (bicyclic) bond motifs is 2. The van der Waals surface area contributed by atoms with E-state index in [-0.39, 0.29) is 0 Å². The lowest BCUT2D eigenvalue weighted by Gasteiger charge is -2.38. The highest BCUT2D eigenvalue weighted by molar-refractivity contribution is 7.80. The van der Waals surface area contributed by atoms with Gasteiger partial charge in [-0.15, -0.1) is 0 Å². The van der Waals surface area contributed by atoms with Crippen LogP contribution < -0.4 is 21.1 Å². The van der Waals surface area contributed by atoms with Gasteiger partial charge in [0.15, 0.2) is 0 Å². The molecule has 1 saturated carbocycles. The lowest BCUT2D eigenvalue weighted by molar-refractivity contribution is 0.494. The molecule has 0 saturated heterocycles. The summed E-state index contributed by atoms with van der Waals surface area (Å²) in [5.74, 6) is 0. The Morgan fingerprint density at radius 2 is 1.00 bits per heavy atom. The van der Waals surface area contributed by atoms with Gasteiger partial charge in [-0.05, 0) is 62.0 Å². The Labute approximate surface area is 253 Å². The Morgan fingerprint density at radius 1 is 0.500 bits per heavy atom. The summed E-state index contributed by atoms with van der Waals surface area (Å²) in [5, 5.41) is 11.4. The van der Waals surface area contributed by atoms with Gasteiger partial charge in [-0.2, -0.15) is 0 Å². The standard InChI is InChI=1S/C40H39PSi/c1-42(2,34-22-10-5-11-23-34)38-29-27-31-17-13-15-25-36(31)40(38)39-35-24-14-12-16-30(35)26-28-37(39)41(32-18-6-3-7-19-32)33-20-8-4-9-21-33/h3-4,6-9,12-21,24-29,34H,5,10-11,22-23H2,1-2H3. The molecule has 0 radical (unpaired) electrons. The minimum absolute atomic E-state index is 0.766. The normalized spacial score (nSPS) is 14.5. The number of benzene rings is 6. The molecular weight excluding hydrogens is 540 g/mol. The predicted molar refractivity (Wildman–Crippen MR) is 190 cm³/mol. The number of hydrogen-bond acceptors (Lipinski definition) is 0. The van der Waals surface area contributed by atoms with Crippen LogP contribution in [0.3, 0.4) is 0 Å². The molecule has 42 heavy (non-hydrogen) atoms. The van der Waals surface area contributed by atoms with Gasteiger partial charge in [0.25, 0.3) is 0 Å². The van der Waals surface area contributed by atoms with Crippen LogP contribution in [-0.2, 0) is 0 Å². The van der Waals surface area contributed by atoms with E-state index in [9.17, 15) is 0 Å². The molecule has 7 rings (SSSR count). The van der Waals surface area contributed by atoms with Gasteiger partial charge in [-0.1, -0.05) is 184 Å². The highest BCUT2D eigenvalue weighted by Gasteiger charge is 2.37. The molecule has 2 heteroatoms. The Morgan fingerprint density at radius 3 is 1.60 bits per heavy atom. The summed E-state index contributed by atoms with van der Waals surface area (Å²) in [4.78, 5) is 0. The summed E-state index contributed by atoms with van der Waals surface area (Å²) < 4.78 is 0. The Kier molecular flexibility index (Phi) is 7.57. The van der Waals surface area contributed by atoms with E-state index in [1.807, 2.05) is 0 Å². The molecule has 0 nitrogen and oxygen atoms in total. The van der Waals surface area contributed by atoms with Crippen molar-refractivity contribution in [2.45, 2.75) is 50.7 Å². The lowest BCUT2D eigenvalue weighted by atomic mass is 9.93. The molecule has 1 fully saturated rings. The van der Waals surface area contributed by atoms with Gasteiger partial charge in [-0.25, -0.2) is 0 Å². The Hall–Kier alpha value is -3.51. The van der Waals surface area contributed by atoms with E-state index in [1.54, 1.807) is 5.19 Å². The van der Waals surface area contributed by atoms with Crippen LogP contribution >= 0.6 is 7.92 Å². The third-order valence-corrected chi connectivity index (χ3v) is 16.6. The summed E-state index contributed by atoms with van der Waals surface area (Å²) in [6.07, 6.45) is 6.94. The van der Waals surface area contributed by atoms with Gasteiger partial charge in [0.05, 0.1) is 8.07 Å². The molecule has 0 aliphatic heterocycles. The fourth-order valence-corrected chi connectivity index (χ4v) is 13.6. The molecule has 6 aromatic carbocycles. The van der Waals surface area contributed by atoms with E-state index in [0.29, 0.717) is 0 Å². The maximum absolute atomic E-state index is 2.67. The minimum Gasteiger partial charge on any atom is -0.0652 e. The maximum atomic E-state index is 2.67. The smallest absolute Gasteiger partial charge is 0.0652 e. The first-order chi connectivity index (χ1) is 20.6. The van der Waals surface area contributed by atoms with E-state index in [0.717, 1.165) is 5.54 Å². The van der Waals surface area contributed by atoms with Crippen LogP contribution in [0.2, 0.25) is 18.6 Å². The van der Waals surface area contributed by atoms with Gasteiger partial charge in [-0.3, -0.25) is 0 Å². The van der Waals surface area contributed by atoms with Crippen molar-refractivity contribution in [1.29, 1.82) is 0 Å². The fraction of sp³-hybridized carbons (Fsp3) is 0.200. The van der Waals surface area contributed by atoms with E-state index in [2.05, 4.69) is 147 Å². The van der Waals surface area contributed by atoms with Gasteiger partial charge in [0.1, 0.15) is 0 Å². The quantitative estimate of drug-likeness (QED) is 0.136. The third kappa shape index (κ3) is 4.94. The number of rotatable bonds is 6. The summed E-state index contributed by atoms with van der Waals surface area (Å²) in [6, 6.07) is 50.4. The second-order valence-corrected chi connectivity index (χ2v) is 19.4. The molecule has 0 amide bonds. The van der Waals surface area contributed by atoms with Gasteiger partial charge in [0.2, 0.25) is 0 Å². The first-order valence-electron chi connectivity index (χ1n) is 15.6. The van der Waals surface area contributed by atoms with E-state index in [4.69, 9.17) is 0 Å². The number of hydrogen-bond donors (Lipinski definition) is 0. The monoisotopic (exact) mass is 578 g/mol. The molecule has 0 atom stereocenters. The van der Waals surface area contributed by atoms with Gasteiger partial charge in [0, 0.05) is 0 Å². The molecule has 0 aromatic heterocycles. The fourth-order valence-electron chi connectivity index (χ4n) is 7.41. The second-order valence-electron chi connectivity index (χ2n) is 12.5.